The number of hydrogen-bond acceptors (Lipinski definition) is 32. The monoisotopic (exact) mass is 1820 g/mol. The zero-order chi connectivity index (χ0) is 86.5. The number of primary amides is 1. The number of allylic oxidation sites excluding steroid dienone is 3. The Bertz CT molecular complexity index is 3950. The number of aliphatic hydroxyl groups is 5. The van der Waals surface area contributed by atoms with Gasteiger partial charge >= 0.3 is 6.09 Å². The molecule has 17 unspecified atom stereocenters. The third-order valence-corrected chi connectivity index (χ3v) is 25.9. The van der Waals surface area contributed by atoms with Crippen molar-refractivity contribution >= 4 is 114 Å². The second-order valence-electron chi connectivity index (χ2n) is 29.1. The van der Waals surface area contributed by atoms with E-state index in [1.54, 1.807) is 38.7 Å². The minimum Gasteiger partial charge on any atom is -0.492 e. The summed E-state index contributed by atoms with van der Waals surface area (Å²) in [7, 11) is 10.6. The third kappa shape index (κ3) is 25.9. The molecule has 4 saturated heterocycles. The standard InChI is InChI=1S/C77H109IN8O28S3/c1-16-86(42(7)87)45-36-107-55(33-50(45)102-11)112-68-63(96)60(85-114-56-32-47(89)70(41(6)108-56)116-72(99)57-38(3)59(78)66(69(105-14)65(57)103-12)113-73-64(97)67(104-13)62(95)40(5)110-73)39(4)109-74(68)111-49-22-19-17-18-20-26-77(101)34-48(90)61(84-75(100)106-15)58(49)43(77)25-29-115-117-76(8,9)35-54(94)81-27-28-82-71(98)37(2)30-46(88)44(31-51(79)91)83-53(93)24-21-23-52(92)80-10/h17-18,25,37,39-41,44-45,47,49-50,55-56,60,62-64,67-68,70,73-74,85,89,95-97,101H,16,21,23-24,27-36H2,1-15H3,(H2,79,91)(H,80,92)(H,81,94)(H,82,98)(H,83,93)(H,84,100)/b18-17-,43-25+/t37-,39?,40?,41?,44+,45?,47?,49+,50?,55?,56?,60?,62?,63?,64?,67?,68?,70?,73?,74?,77+/m1/s1. The first-order valence-electron chi connectivity index (χ1n) is 38.0. The quantitative estimate of drug-likeness (QED) is 0.0147. The number of ketones is 2. The van der Waals surface area contributed by atoms with Crippen LogP contribution in [0.4, 0.5) is 4.79 Å². The number of aliphatic hydroxyl groups excluding tert-OH is 4. The Hall–Kier alpha value is -6.76. The second-order valence-corrected chi connectivity index (χ2v) is 34.4. The Morgan fingerprint density at radius 1 is 0.829 bits per heavy atom. The van der Waals surface area contributed by atoms with Crippen LogP contribution in [0.2, 0.25) is 0 Å². The van der Waals surface area contributed by atoms with Gasteiger partial charge < -0.3 is 114 Å². The number of carbonyl (C=O) groups is 10. The molecule has 650 valence electrons. The maximum absolute atomic E-state index is 14.6. The number of hydrogen-bond donors (Lipinski definition) is 12. The molecule has 2 bridgehead atoms. The molecule has 0 aromatic heterocycles. The smallest absolute Gasteiger partial charge is 0.411 e. The highest BCUT2D eigenvalue weighted by molar-refractivity contribution is 14.1. The van der Waals surface area contributed by atoms with Crippen molar-refractivity contribution in [1.29, 1.82) is 0 Å². The predicted octanol–water partition coefficient (Wildman–Crippen LogP) is 1.45. The summed E-state index contributed by atoms with van der Waals surface area (Å²) in [6, 6.07) is -3.07. The first-order chi connectivity index (χ1) is 55.4. The van der Waals surface area contributed by atoms with Gasteiger partial charge in [0, 0.05) is 114 Å². The molecule has 4 aliphatic heterocycles. The number of amides is 7. The Labute approximate surface area is 705 Å². The largest absolute Gasteiger partial charge is 0.492 e. The lowest BCUT2D eigenvalue weighted by molar-refractivity contribution is -0.337. The number of nitrogens with one attached hydrogen (secondary N) is 6. The Morgan fingerprint density at radius 2 is 1.51 bits per heavy atom. The van der Waals surface area contributed by atoms with Gasteiger partial charge in [0.15, 0.2) is 47.5 Å². The van der Waals surface area contributed by atoms with E-state index in [-0.39, 0.29) is 122 Å². The zero-order valence-corrected chi connectivity index (χ0v) is 72.5. The third-order valence-electron chi connectivity index (χ3n) is 20.1. The van der Waals surface area contributed by atoms with Gasteiger partial charge in [0.25, 0.3) is 0 Å². The summed E-state index contributed by atoms with van der Waals surface area (Å²) < 4.78 is 72.4. The predicted molar refractivity (Wildman–Crippen MR) is 433 cm³/mol. The number of rotatable bonds is 38. The number of nitrogens with two attached hydrogens (primary N) is 1. The molecule has 7 rings (SSSR count). The van der Waals surface area contributed by atoms with Crippen LogP contribution in [0, 0.1) is 40.1 Å². The molecule has 4 heterocycles. The maximum atomic E-state index is 14.6. The number of likely N-dealkylation sites (N-methyl/N-ethyl adjacent to an activating group) is 1. The van der Waals surface area contributed by atoms with E-state index in [9.17, 15) is 73.5 Å². The molecule has 2 aliphatic carbocycles. The Kier molecular flexibility index (Phi) is 37.6. The van der Waals surface area contributed by atoms with Gasteiger partial charge in [-0.25, -0.2) is 4.79 Å². The highest BCUT2D eigenvalue weighted by atomic mass is 127. The average molecular weight is 1820 g/mol. The molecular formula is C77H109IN8O28S3. The number of hydroxylamine groups is 1. The van der Waals surface area contributed by atoms with E-state index in [0.29, 0.717) is 15.7 Å². The molecule has 6 aliphatic rings. The van der Waals surface area contributed by atoms with Gasteiger partial charge in [0.05, 0.1) is 110 Å². The van der Waals surface area contributed by atoms with Gasteiger partial charge in [-0.2, -0.15) is 5.48 Å². The van der Waals surface area contributed by atoms with Crippen molar-refractivity contribution in [3.63, 3.8) is 0 Å². The van der Waals surface area contributed by atoms with Gasteiger partial charge in [-0.05, 0) is 95.2 Å². The van der Waals surface area contributed by atoms with E-state index >= 15 is 0 Å². The van der Waals surface area contributed by atoms with Crippen molar-refractivity contribution in [3.05, 3.63) is 49.8 Å². The molecule has 4 fully saturated rings. The lowest BCUT2D eigenvalue weighted by Gasteiger charge is -2.47. The van der Waals surface area contributed by atoms with Crippen LogP contribution >= 0.6 is 55.9 Å². The fourth-order valence-corrected chi connectivity index (χ4v) is 18.1. The number of methoxy groups -OCH3 is 5. The van der Waals surface area contributed by atoms with Crippen LogP contribution in [0.1, 0.15) is 129 Å². The van der Waals surface area contributed by atoms with Crippen molar-refractivity contribution in [2.24, 2.45) is 11.7 Å². The zero-order valence-electron chi connectivity index (χ0n) is 67.9. The van der Waals surface area contributed by atoms with Gasteiger partial charge in [0.2, 0.25) is 52.6 Å². The number of thioether (sulfide) groups is 1. The first-order valence-corrected chi connectivity index (χ1v) is 42.3. The Morgan fingerprint density at radius 3 is 2.15 bits per heavy atom. The number of nitrogens with zero attached hydrogens (tertiary/aromatic N) is 1. The summed E-state index contributed by atoms with van der Waals surface area (Å²) in [4.78, 5) is 139. The van der Waals surface area contributed by atoms with Crippen LogP contribution in [-0.2, 0) is 85.8 Å². The first kappa shape index (κ1) is 97.4. The lowest BCUT2D eigenvalue weighted by atomic mass is 9.75. The fourth-order valence-electron chi connectivity index (χ4n) is 13.9. The number of ether oxygens (including phenoxy) is 12. The van der Waals surface area contributed by atoms with E-state index < -0.39 is 191 Å². The van der Waals surface area contributed by atoms with Crippen molar-refractivity contribution in [3.8, 4) is 40.9 Å². The van der Waals surface area contributed by atoms with Crippen LogP contribution in [0.15, 0.2) is 35.1 Å². The van der Waals surface area contributed by atoms with Crippen molar-refractivity contribution in [1.82, 2.24) is 37.0 Å². The minimum atomic E-state index is -2.28. The van der Waals surface area contributed by atoms with Gasteiger partial charge in [-0.15, -0.1) is 0 Å². The number of fused-ring (bicyclic) bond motifs is 2. The summed E-state index contributed by atoms with van der Waals surface area (Å²) in [5.41, 5.74) is 5.82. The molecule has 117 heavy (non-hydrogen) atoms. The second kappa shape index (κ2) is 45.2. The van der Waals surface area contributed by atoms with Crippen molar-refractivity contribution < 1.29 is 135 Å². The number of halogens is 1. The van der Waals surface area contributed by atoms with Crippen LogP contribution in [0.3, 0.4) is 0 Å². The van der Waals surface area contributed by atoms with E-state index in [1.165, 1.54) is 83.1 Å². The summed E-state index contributed by atoms with van der Waals surface area (Å²) in [5, 5.41) is 70.6. The molecule has 21 atom stereocenters. The molecule has 1 aromatic carbocycles. The number of Topliss-reactive ketones (excluding diaryl/α,β-unsaturated/α-hetero) is 2. The van der Waals surface area contributed by atoms with E-state index in [4.69, 9.17) is 67.4 Å². The molecule has 1 aromatic rings. The molecule has 0 radical (unpaired) electrons. The molecular weight excluding hydrogens is 1710 g/mol. The highest BCUT2D eigenvalue weighted by Gasteiger charge is 2.53. The van der Waals surface area contributed by atoms with Crippen LogP contribution in [-0.4, -0.2) is 289 Å². The topological polar surface area (TPSA) is 493 Å². The number of alkyl carbamates (subject to hydrolysis) is 1. The average Bonchev–Trinajstić information content (AvgIpc) is 0.796. The van der Waals surface area contributed by atoms with Gasteiger partial charge in [-0.1, -0.05) is 70.0 Å². The lowest BCUT2D eigenvalue weighted by Crippen LogP contribution is -2.65. The summed E-state index contributed by atoms with van der Waals surface area (Å²) in [6.07, 6.45) is -17.2. The maximum Gasteiger partial charge on any atom is 0.411 e. The van der Waals surface area contributed by atoms with Crippen LogP contribution < -0.4 is 52.0 Å². The van der Waals surface area contributed by atoms with Crippen molar-refractivity contribution in [2.75, 3.05) is 74.6 Å². The van der Waals surface area contributed by atoms with Crippen LogP contribution in [0.5, 0.6) is 17.2 Å². The van der Waals surface area contributed by atoms with Gasteiger partial charge in [-0.3, -0.25) is 53.3 Å². The minimum absolute atomic E-state index is 0.00160. The molecule has 0 saturated carbocycles. The van der Waals surface area contributed by atoms with E-state index in [0.717, 1.165) is 18.9 Å². The molecule has 40 heteroatoms. The van der Waals surface area contributed by atoms with Crippen molar-refractivity contribution in [2.45, 2.75) is 246 Å². The molecule has 36 nitrogen and oxygen atoms in total. The number of carbonyl (C=O) groups excluding carboxylic acids is 10. The van der Waals surface area contributed by atoms with E-state index in [1.807, 2.05) is 43.4 Å². The molecule has 7 amide bonds. The summed E-state index contributed by atoms with van der Waals surface area (Å²) >= 11 is 2.75. The highest BCUT2D eigenvalue weighted by Crippen LogP contribution is 2.50. The fraction of sp³-hybridized carbons (Fsp3) is 0.662. The van der Waals surface area contributed by atoms with Gasteiger partial charge in [0.1, 0.15) is 36.6 Å². The summed E-state index contributed by atoms with van der Waals surface area (Å²) in [5.74, 6) is 6.33. The van der Waals surface area contributed by atoms with E-state index in [2.05, 4.69) is 55.7 Å². The molecule has 0 spiro atoms. The Balaban J connectivity index is 1.07. The SMILES string of the molecule is CCN(C(C)=O)C1COC(OC2C(O[C@H]3C#C/C=C\C#C[C@]4(O)CC(=O)C(NC(=O)OC)=C3/C4=C\CSSC(C)(C)CC(=O)NCCNC(=O)[C@H](C)CC(=O)[C@H](CC(N)=O)NC(=O)CCCC(=O)NC)OC(C)C(NOC3CC(O)C(SC(=O)c4c(C)c(I)c(OC5OC(C)C(O)C(OC)C5O)c(OC)c4OC)C(C)O3)C2O)CC1OC. The molecule has 13 N–H and O–H groups in total. The normalized spacial score (nSPS) is 29.5. The van der Waals surface area contributed by atoms with Crippen LogP contribution in [0.25, 0.3) is 0 Å². The number of benzene rings is 1. The summed E-state index contributed by atoms with van der Waals surface area (Å²) in [6.45, 7) is 15.0.